The first-order valence-corrected chi connectivity index (χ1v) is 6.65. The van der Waals surface area contributed by atoms with Crippen molar-refractivity contribution in [3.63, 3.8) is 0 Å². The molecule has 1 aliphatic carbocycles. The fourth-order valence-electron chi connectivity index (χ4n) is 2.56. The van der Waals surface area contributed by atoms with Crippen LogP contribution in [-0.4, -0.2) is 17.8 Å². The highest BCUT2D eigenvalue weighted by molar-refractivity contribution is 5.32. The van der Waals surface area contributed by atoms with Gasteiger partial charge in [-0.05, 0) is 49.3 Å². The molecule has 0 heterocycles. The van der Waals surface area contributed by atoms with Gasteiger partial charge in [0.1, 0.15) is 0 Å². The number of hydrogen-bond acceptors (Lipinski definition) is 3. The molecule has 3 nitrogen and oxygen atoms in total. The Morgan fingerprint density at radius 2 is 2.06 bits per heavy atom. The van der Waals surface area contributed by atoms with Gasteiger partial charge in [0, 0.05) is 19.2 Å². The summed E-state index contributed by atoms with van der Waals surface area (Å²) in [5.74, 6) is 0.505. The van der Waals surface area contributed by atoms with Crippen molar-refractivity contribution in [3.8, 4) is 6.07 Å². The Kier molecular flexibility index (Phi) is 4.74. The molecule has 0 bridgehead atoms. The lowest BCUT2D eigenvalue weighted by Crippen LogP contribution is -2.33. The fraction of sp³-hybridized carbons (Fsp3) is 0.533. The molecular formula is C15H20N2O. The molecule has 96 valence electrons. The van der Waals surface area contributed by atoms with Crippen LogP contribution < -0.4 is 5.32 Å². The molecule has 0 aromatic heterocycles. The van der Waals surface area contributed by atoms with E-state index in [-0.39, 0.29) is 0 Å². The molecule has 1 fully saturated rings. The first-order chi connectivity index (χ1) is 8.81. The summed E-state index contributed by atoms with van der Waals surface area (Å²) in [5.41, 5.74) is 1.89. The van der Waals surface area contributed by atoms with Gasteiger partial charge in [0.05, 0.1) is 11.6 Å². The fourth-order valence-corrected chi connectivity index (χ4v) is 2.56. The summed E-state index contributed by atoms with van der Waals surface area (Å²) >= 11 is 0. The minimum absolute atomic E-state index is 0.330. The van der Waals surface area contributed by atoms with Crippen LogP contribution >= 0.6 is 0 Å². The van der Waals surface area contributed by atoms with Crippen molar-refractivity contribution in [2.75, 3.05) is 6.61 Å². The van der Waals surface area contributed by atoms with Crippen LogP contribution in [0.1, 0.15) is 36.8 Å². The average molecular weight is 244 g/mol. The quantitative estimate of drug-likeness (QED) is 0.853. The van der Waals surface area contributed by atoms with Gasteiger partial charge in [-0.15, -0.1) is 0 Å². The maximum Gasteiger partial charge on any atom is 0.0991 e. The highest BCUT2D eigenvalue weighted by Gasteiger charge is 2.19. The lowest BCUT2D eigenvalue weighted by molar-refractivity contribution is 0.175. The van der Waals surface area contributed by atoms with E-state index < -0.39 is 0 Å². The topological polar surface area (TPSA) is 56.0 Å². The van der Waals surface area contributed by atoms with Gasteiger partial charge in [-0.2, -0.15) is 5.26 Å². The highest BCUT2D eigenvalue weighted by atomic mass is 16.3. The monoisotopic (exact) mass is 244 g/mol. The largest absolute Gasteiger partial charge is 0.396 e. The summed E-state index contributed by atoms with van der Waals surface area (Å²) in [6.07, 6.45) is 4.52. The van der Waals surface area contributed by atoms with Crippen LogP contribution in [0.5, 0.6) is 0 Å². The Balaban J connectivity index is 1.80. The molecule has 0 unspecified atom stereocenters. The zero-order chi connectivity index (χ0) is 12.8. The van der Waals surface area contributed by atoms with Crippen LogP contribution in [-0.2, 0) is 6.54 Å². The Morgan fingerprint density at radius 3 is 2.72 bits per heavy atom. The standard InChI is InChI=1S/C15H20N2O/c16-9-13-2-1-3-14(8-13)10-17-15-6-4-12(11-18)5-7-15/h1-3,8,12,15,17-18H,4-7,10-11H2. The van der Waals surface area contributed by atoms with Gasteiger partial charge in [-0.1, -0.05) is 12.1 Å². The number of hydrogen-bond donors (Lipinski definition) is 2. The number of nitrogens with one attached hydrogen (secondary N) is 1. The third-order valence-electron chi connectivity index (χ3n) is 3.76. The van der Waals surface area contributed by atoms with Crippen molar-refractivity contribution in [2.45, 2.75) is 38.3 Å². The predicted octanol–water partition coefficient (Wildman–Crippen LogP) is 2.20. The highest BCUT2D eigenvalue weighted by Crippen LogP contribution is 2.23. The van der Waals surface area contributed by atoms with Crippen molar-refractivity contribution in [1.29, 1.82) is 5.26 Å². The molecule has 0 radical (unpaired) electrons. The molecule has 1 aromatic rings. The first kappa shape index (κ1) is 13.1. The van der Waals surface area contributed by atoms with Gasteiger partial charge in [0.2, 0.25) is 0 Å². The lowest BCUT2D eigenvalue weighted by atomic mass is 9.86. The van der Waals surface area contributed by atoms with Crippen molar-refractivity contribution in [2.24, 2.45) is 5.92 Å². The van der Waals surface area contributed by atoms with E-state index in [0.717, 1.165) is 37.8 Å². The number of aliphatic hydroxyl groups is 1. The summed E-state index contributed by atoms with van der Waals surface area (Å²) in [6, 6.07) is 10.5. The smallest absolute Gasteiger partial charge is 0.0991 e. The van der Waals surface area contributed by atoms with Gasteiger partial charge in [-0.3, -0.25) is 0 Å². The molecule has 18 heavy (non-hydrogen) atoms. The Hall–Kier alpha value is -1.37. The first-order valence-electron chi connectivity index (χ1n) is 6.65. The minimum atomic E-state index is 0.330. The van der Waals surface area contributed by atoms with E-state index in [1.807, 2.05) is 24.3 Å². The SMILES string of the molecule is N#Cc1cccc(CNC2CCC(CO)CC2)c1. The number of nitrogens with zero attached hydrogens (tertiary/aromatic N) is 1. The molecule has 0 aliphatic heterocycles. The van der Waals surface area contributed by atoms with E-state index in [2.05, 4.69) is 11.4 Å². The third kappa shape index (κ3) is 3.56. The number of rotatable bonds is 4. The maximum atomic E-state index is 9.09. The minimum Gasteiger partial charge on any atom is -0.396 e. The molecule has 2 N–H and O–H groups in total. The molecule has 2 rings (SSSR count). The maximum absolute atomic E-state index is 9.09. The molecule has 1 aromatic carbocycles. The number of nitriles is 1. The molecule has 1 saturated carbocycles. The van der Waals surface area contributed by atoms with E-state index in [4.69, 9.17) is 10.4 Å². The van der Waals surface area contributed by atoms with Gasteiger partial charge >= 0.3 is 0 Å². The number of aliphatic hydroxyl groups excluding tert-OH is 1. The Morgan fingerprint density at radius 1 is 1.28 bits per heavy atom. The van der Waals surface area contributed by atoms with E-state index in [1.54, 1.807) is 0 Å². The lowest BCUT2D eigenvalue weighted by Gasteiger charge is -2.28. The Labute approximate surface area is 108 Å². The van der Waals surface area contributed by atoms with E-state index >= 15 is 0 Å². The van der Waals surface area contributed by atoms with Crippen molar-refractivity contribution < 1.29 is 5.11 Å². The van der Waals surface area contributed by atoms with E-state index in [1.165, 1.54) is 5.56 Å². The van der Waals surface area contributed by atoms with E-state index in [9.17, 15) is 0 Å². The van der Waals surface area contributed by atoms with Crippen LogP contribution in [0.15, 0.2) is 24.3 Å². The van der Waals surface area contributed by atoms with Crippen LogP contribution in [0.2, 0.25) is 0 Å². The van der Waals surface area contributed by atoms with Gasteiger partial charge in [0.25, 0.3) is 0 Å². The molecule has 0 atom stereocenters. The molecule has 0 amide bonds. The zero-order valence-electron chi connectivity index (χ0n) is 10.6. The van der Waals surface area contributed by atoms with Crippen molar-refractivity contribution >= 4 is 0 Å². The van der Waals surface area contributed by atoms with Crippen LogP contribution in [0.4, 0.5) is 0 Å². The van der Waals surface area contributed by atoms with Crippen LogP contribution in [0, 0.1) is 17.2 Å². The summed E-state index contributed by atoms with van der Waals surface area (Å²) < 4.78 is 0. The van der Waals surface area contributed by atoms with Crippen LogP contribution in [0.25, 0.3) is 0 Å². The second-order valence-corrected chi connectivity index (χ2v) is 5.09. The predicted molar refractivity (Wildman–Crippen MR) is 70.8 cm³/mol. The molecular weight excluding hydrogens is 224 g/mol. The molecule has 0 spiro atoms. The number of benzene rings is 1. The summed E-state index contributed by atoms with van der Waals surface area (Å²) in [6.45, 7) is 1.15. The van der Waals surface area contributed by atoms with Gasteiger partial charge in [-0.25, -0.2) is 0 Å². The molecule has 1 aliphatic rings. The van der Waals surface area contributed by atoms with Crippen molar-refractivity contribution in [3.05, 3.63) is 35.4 Å². The zero-order valence-corrected chi connectivity index (χ0v) is 10.6. The second kappa shape index (κ2) is 6.53. The summed E-state index contributed by atoms with van der Waals surface area (Å²) in [7, 11) is 0. The summed E-state index contributed by atoms with van der Waals surface area (Å²) in [4.78, 5) is 0. The van der Waals surface area contributed by atoms with Gasteiger partial charge < -0.3 is 10.4 Å². The third-order valence-corrected chi connectivity index (χ3v) is 3.76. The summed E-state index contributed by atoms with van der Waals surface area (Å²) in [5, 5.41) is 21.5. The van der Waals surface area contributed by atoms with E-state index in [0.29, 0.717) is 18.6 Å². The van der Waals surface area contributed by atoms with Crippen molar-refractivity contribution in [1.82, 2.24) is 5.32 Å². The second-order valence-electron chi connectivity index (χ2n) is 5.09. The average Bonchev–Trinajstić information content (AvgIpc) is 2.46. The molecule has 0 saturated heterocycles. The molecule has 3 heteroatoms. The normalized spacial score (nSPS) is 23.6. The van der Waals surface area contributed by atoms with Gasteiger partial charge in [0.15, 0.2) is 0 Å². The Bertz CT molecular complexity index is 417. The van der Waals surface area contributed by atoms with Crippen LogP contribution in [0.3, 0.4) is 0 Å².